The lowest BCUT2D eigenvalue weighted by Crippen LogP contribution is -2.11. The Labute approximate surface area is 64.7 Å². The fraction of sp³-hybridized carbons (Fsp3) is 1.00. The average Bonchev–Trinajstić information content (AvgIpc) is 1.84. The zero-order chi connectivity index (χ0) is 6.57. The Morgan fingerprint density at radius 2 is 1.88 bits per heavy atom. The van der Waals surface area contributed by atoms with E-state index >= 15 is 0 Å². The van der Waals surface area contributed by atoms with Crippen LogP contribution in [0.4, 0.5) is 0 Å². The molecule has 0 aromatic carbocycles. The van der Waals surface area contributed by atoms with Gasteiger partial charge in [-0.25, -0.2) is 0 Å². The van der Waals surface area contributed by atoms with E-state index in [1.54, 1.807) is 0 Å². The standard InChI is InChI=1S/C6H12BrCl/c1-3-5(7)6(8)4-2/h5-6H,3-4H2,1-2H3/t5-,6-/m1/s1. The smallest absolute Gasteiger partial charge is 0.0458 e. The van der Waals surface area contributed by atoms with Crippen molar-refractivity contribution in [2.45, 2.75) is 36.9 Å². The summed E-state index contributed by atoms with van der Waals surface area (Å²) >= 11 is 9.34. The molecule has 0 spiro atoms. The van der Waals surface area contributed by atoms with Crippen molar-refractivity contribution in [2.24, 2.45) is 0 Å². The van der Waals surface area contributed by atoms with Crippen LogP contribution in [0.3, 0.4) is 0 Å². The molecule has 0 saturated heterocycles. The van der Waals surface area contributed by atoms with Gasteiger partial charge in [-0.15, -0.1) is 11.6 Å². The van der Waals surface area contributed by atoms with Crippen molar-refractivity contribution in [3.05, 3.63) is 0 Å². The summed E-state index contributed by atoms with van der Waals surface area (Å²) < 4.78 is 0. The molecule has 0 bridgehead atoms. The van der Waals surface area contributed by atoms with E-state index in [1.807, 2.05) is 0 Å². The fourth-order valence-corrected chi connectivity index (χ4v) is 1.06. The van der Waals surface area contributed by atoms with Crippen LogP contribution in [-0.4, -0.2) is 10.2 Å². The van der Waals surface area contributed by atoms with Crippen LogP contribution in [0, 0.1) is 0 Å². The van der Waals surface area contributed by atoms with Crippen LogP contribution < -0.4 is 0 Å². The van der Waals surface area contributed by atoms with E-state index in [0.29, 0.717) is 10.2 Å². The van der Waals surface area contributed by atoms with Crippen LogP contribution in [0.15, 0.2) is 0 Å². The van der Waals surface area contributed by atoms with Crippen LogP contribution in [0.2, 0.25) is 0 Å². The largest absolute Gasteiger partial charge is 0.122 e. The zero-order valence-corrected chi connectivity index (χ0v) is 7.67. The highest BCUT2D eigenvalue weighted by atomic mass is 79.9. The van der Waals surface area contributed by atoms with Crippen molar-refractivity contribution in [1.82, 2.24) is 0 Å². The molecule has 0 aromatic rings. The minimum atomic E-state index is 0.306. The van der Waals surface area contributed by atoms with Gasteiger partial charge in [0, 0.05) is 10.2 Å². The van der Waals surface area contributed by atoms with Crippen LogP contribution in [-0.2, 0) is 0 Å². The molecule has 0 heterocycles. The van der Waals surface area contributed by atoms with Gasteiger partial charge < -0.3 is 0 Å². The highest BCUT2D eigenvalue weighted by Crippen LogP contribution is 2.17. The maximum absolute atomic E-state index is 5.87. The predicted molar refractivity (Wildman–Crippen MR) is 42.9 cm³/mol. The van der Waals surface area contributed by atoms with E-state index in [-0.39, 0.29) is 0 Å². The number of halogens is 2. The molecule has 0 aliphatic heterocycles. The third kappa shape index (κ3) is 2.93. The van der Waals surface area contributed by atoms with E-state index in [1.165, 1.54) is 0 Å². The van der Waals surface area contributed by atoms with Crippen LogP contribution in [0.25, 0.3) is 0 Å². The molecule has 8 heavy (non-hydrogen) atoms. The van der Waals surface area contributed by atoms with Gasteiger partial charge in [0.05, 0.1) is 0 Å². The molecule has 0 rings (SSSR count). The second kappa shape index (κ2) is 4.63. The normalized spacial score (nSPS) is 18.0. The molecule has 0 nitrogen and oxygen atoms in total. The topological polar surface area (TPSA) is 0 Å². The van der Waals surface area contributed by atoms with E-state index in [2.05, 4.69) is 29.8 Å². The second-order valence-corrected chi connectivity index (χ2v) is 3.59. The zero-order valence-electron chi connectivity index (χ0n) is 5.32. The quantitative estimate of drug-likeness (QED) is 0.613. The Morgan fingerprint density at radius 1 is 1.38 bits per heavy atom. The van der Waals surface area contributed by atoms with Gasteiger partial charge in [0.1, 0.15) is 0 Å². The van der Waals surface area contributed by atoms with Gasteiger partial charge in [-0.3, -0.25) is 0 Å². The van der Waals surface area contributed by atoms with Crippen molar-refractivity contribution in [3.63, 3.8) is 0 Å². The first-order chi connectivity index (χ1) is 3.72. The third-order valence-corrected chi connectivity index (χ3v) is 3.38. The lowest BCUT2D eigenvalue weighted by molar-refractivity contribution is 0.738. The molecular weight excluding hydrogens is 187 g/mol. The van der Waals surface area contributed by atoms with Crippen LogP contribution >= 0.6 is 27.5 Å². The van der Waals surface area contributed by atoms with Gasteiger partial charge >= 0.3 is 0 Å². The Bertz CT molecular complexity index is 48.5. The SMILES string of the molecule is CC[C@@H](Cl)[C@H](Br)CC. The second-order valence-electron chi connectivity index (χ2n) is 1.85. The van der Waals surface area contributed by atoms with E-state index in [4.69, 9.17) is 11.6 Å². The molecule has 0 aliphatic carbocycles. The molecule has 0 unspecified atom stereocenters. The average molecular weight is 200 g/mol. The number of alkyl halides is 2. The minimum absolute atomic E-state index is 0.306. The molecule has 0 radical (unpaired) electrons. The highest BCUT2D eigenvalue weighted by Gasteiger charge is 2.10. The molecule has 0 N–H and O–H groups in total. The van der Waals surface area contributed by atoms with E-state index in [9.17, 15) is 0 Å². The fourth-order valence-electron chi connectivity index (χ4n) is 0.512. The van der Waals surface area contributed by atoms with Gasteiger partial charge in [-0.05, 0) is 12.8 Å². The lowest BCUT2D eigenvalue weighted by atomic mass is 10.2. The van der Waals surface area contributed by atoms with Crippen LogP contribution in [0.1, 0.15) is 26.7 Å². The van der Waals surface area contributed by atoms with Gasteiger partial charge in [-0.2, -0.15) is 0 Å². The number of hydrogen-bond acceptors (Lipinski definition) is 0. The summed E-state index contributed by atoms with van der Waals surface area (Å²) in [4.78, 5) is 0.495. The molecule has 0 aromatic heterocycles. The summed E-state index contributed by atoms with van der Waals surface area (Å²) in [6, 6.07) is 0. The summed E-state index contributed by atoms with van der Waals surface area (Å²) in [6.45, 7) is 4.23. The van der Waals surface area contributed by atoms with Gasteiger partial charge in [0.2, 0.25) is 0 Å². The first-order valence-electron chi connectivity index (χ1n) is 3.00. The van der Waals surface area contributed by atoms with E-state index in [0.717, 1.165) is 12.8 Å². The molecule has 0 saturated carbocycles. The maximum Gasteiger partial charge on any atom is 0.0458 e. The number of rotatable bonds is 3. The first kappa shape index (κ1) is 8.77. The summed E-state index contributed by atoms with van der Waals surface area (Å²) in [5.74, 6) is 0. The molecule has 0 aliphatic rings. The van der Waals surface area contributed by atoms with Crippen molar-refractivity contribution in [2.75, 3.05) is 0 Å². The Balaban J connectivity index is 3.29. The third-order valence-electron chi connectivity index (χ3n) is 1.17. The highest BCUT2D eigenvalue weighted by molar-refractivity contribution is 9.09. The Hall–Kier alpha value is 0.770. The molecule has 0 fully saturated rings. The summed E-state index contributed by atoms with van der Waals surface area (Å²) in [5, 5.41) is 0.306. The van der Waals surface area contributed by atoms with Crippen LogP contribution in [0.5, 0.6) is 0 Å². The molecule has 2 atom stereocenters. The summed E-state index contributed by atoms with van der Waals surface area (Å²) in [6.07, 6.45) is 2.16. The minimum Gasteiger partial charge on any atom is -0.122 e. The maximum atomic E-state index is 5.87. The summed E-state index contributed by atoms with van der Waals surface area (Å²) in [7, 11) is 0. The van der Waals surface area contributed by atoms with Crippen molar-refractivity contribution in [3.8, 4) is 0 Å². The van der Waals surface area contributed by atoms with Gasteiger partial charge in [0.25, 0.3) is 0 Å². The van der Waals surface area contributed by atoms with Crippen molar-refractivity contribution >= 4 is 27.5 Å². The predicted octanol–water partition coefficient (Wildman–Crippen LogP) is 3.18. The van der Waals surface area contributed by atoms with Crippen molar-refractivity contribution < 1.29 is 0 Å². The molecule has 50 valence electrons. The Kier molecular flexibility index (Phi) is 5.08. The Morgan fingerprint density at radius 3 is 2.00 bits per heavy atom. The lowest BCUT2D eigenvalue weighted by Gasteiger charge is -2.10. The van der Waals surface area contributed by atoms with Gasteiger partial charge in [0.15, 0.2) is 0 Å². The molecular formula is C6H12BrCl. The van der Waals surface area contributed by atoms with E-state index < -0.39 is 0 Å². The molecule has 2 heteroatoms. The van der Waals surface area contributed by atoms with Gasteiger partial charge in [-0.1, -0.05) is 29.8 Å². The summed E-state index contributed by atoms with van der Waals surface area (Å²) in [5.41, 5.74) is 0. The molecule has 0 amide bonds. The number of hydrogen-bond donors (Lipinski definition) is 0. The van der Waals surface area contributed by atoms with Crippen molar-refractivity contribution in [1.29, 1.82) is 0 Å². The monoisotopic (exact) mass is 198 g/mol. The first-order valence-corrected chi connectivity index (χ1v) is 4.35.